The normalized spacial score (nSPS) is 14.7. The molecule has 44 heavy (non-hydrogen) atoms. The van der Waals surface area contributed by atoms with Crippen LogP contribution < -0.4 is 15.5 Å². The highest BCUT2D eigenvalue weighted by atomic mass is 35.5. The summed E-state index contributed by atoms with van der Waals surface area (Å²) in [5.74, 6) is 0. The van der Waals surface area contributed by atoms with Crippen molar-refractivity contribution >= 4 is 46.0 Å². The fourth-order valence-corrected chi connectivity index (χ4v) is 6.18. The lowest BCUT2D eigenvalue weighted by atomic mass is 10.0. The van der Waals surface area contributed by atoms with Crippen molar-refractivity contribution in [3.63, 3.8) is 0 Å². The number of hydrogen-bond acceptors (Lipinski definition) is 6. The molecule has 228 valence electrons. The molecule has 4 aromatic carbocycles. The molecule has 10 heteroatoms. The third-order valence-corrected chi connectivity index (χ3v) is 8.45. The number of nitrogens with two attached hydrogens (primary N) is 1. The second-order valence-corrected chi connectivity index (χ2v) is 11.9. The second-order valence-electron chi connectivity index (χ2n) is 11.0. The molecular formula is C34H36Cl2N6O2. The first kappa shape index (κ1) is 31.7. The molecule has 0 aliphatic carbocycles. The van der Waals surface area contributed by atoms with Gasteiger partial charge in [0.15, 0.2) is 0 Å². The van der Waals surface area contributed by atoms with E-state index < -0.39 is 12.2 Å². The van der Waals surface area contributed by atoms with Crippen LogP contribution in [0.4, 0.5) is 22.7 Å². The third-order valence-electron chi connectivity index (χ3n) is 7.98. The lowest BCUT2D eigenvalue weighted by Gasteiger charge is -2.29. The number of benzene rings is 4. The molecule has 2 atom stereocenters. The fourth-order valence-electron chi connectivity index (χ4n) is 5.85. The Morgan fingerprint density at radius 2 is 1.11 bits per heavy atom. The summed E-state index contributed by atoms with van der Waals surface area (Å²) in [6.07, 6.45) is 2.51. The summed E-state index contributed by atoms with van der Waals surface area (Å²) in [5, 5.41) is 25.1. The van der Waals surface area contributed by atoms with Crippen molar-refractivity contribution in [2.75, 3.05) is 36.0 Å². The van der Waals surface area contributed by atoms with Crippen LogP contribution in [0.3, 0.4) is 0 Å². The van der Waals surface area contributed by atoms with Crippen molar-refractivity contribution in [2.45, 2.75) is 37.9 Å². The highest BCUT2D eigenvalue weighted by Crippen LogP contribution is 2.38. The van der Waals surface area contributed by atoms with Crippen LogP contribution in [0.15, 0.2) is 90.0 Å². The van der Waals surface area contributed by atoms with E-state index in [0.717, 1.165) is 48.4 Å². The smallest absolute Gasteiger partial charge is 0.0841 e. The van der Waals surface area contributed by atoms with Gasteiger partial charge in [0, 0.05) is 50.8 Å². The van der Waals surface area contributed by atoms with E-state index >= 15 is 0 Å². The van der Waals surface area contributed by atoms with Crippen LogP contribution in [0.1, 0.15) is 22.3 Å². The average molecular weight is 632 g/mol. The Morgan fingerprint density at radius 1 is 0.682 bits per heavy atom. The van der Waals surface area contributed by atoms with Gasteiger partial charge in [0.05, 0.1) is 25.3 Å². The van der Waals surface area contributed by atoms with Crippen LogP contribution in [0, 0.1) is 0 Å². The summed E-state index contributed by atoms with van der Waals surface area (Å²) >= 11 is 12.4. The first-order valence-corrected chi connectivity index (χ1v) is 15.5. The second kappa shape index (κ2) is 14.8. The largest absolute Gasteiger partial charge is 0.391 e. The monoisotopic (exact) mass is 630 g/mol. The Bertz CT molecular complexity index is 1640. The van der Waals surface area contributed by atoms with Gasteiger partial charge in [0.25, 0.3) is 0 Å². The molecule has 0 saturated heterocycles. The van der Waals surface area contributed by atoms with E-state index in [1.54, 1.807) is 0 Å². The molecular weight excluding hydrogens is 595 g/mol. The quantitative estimate of drug-likeness (QED) is 0.114. The molecule has 6 rings (SSSR count). The maximum absolute atomic E-state index is 10.2. The molecule has 0 amide bonds. The number of nitrogens with zero attached hydrogens (tertiary/aromatic N) is 5. The standard InChI is InChI=1S/C17H17ClN4O.C17H19ClN2O/c18-14-8-7-13-6-5-12-3-1-2-4-16(12)22(17(13)9-14)11-15(23)10-20-21-19;18-14-8-7-13-6-5-12-3-1-2-4-16(12)20(17(13)9-14)11-15(21)10-19/h1-4,7-9,15,23H,5-6,10-11H2;1-4,7-9,15,21H,5-6,10-11,19H2. The van der Waals surface area contributed by atoms with E-state index in [2.05, 4.69) is 50.2 Å². The van der Waals surface area contributed by atoms with E-state index in [1.165, 1.54) is 22.3 Å². The highest BCUT2D eigenvalue weighted by molar-refractivity contribution is 6.31. The summed E-state index contributed by atoms with van der Waals surface area (Å²) < 4.78 is 0. The summed E-state index contributed by atoms with van der Waals surface area (Å²) in [7, 11) is 0. The minimum absolute atomic E-state index is 0.0467. The number of rotatable bonds is 7. The molecule has 2 heterocycles. The molecule has 2 aliphatic heterocycles. The highest BCUT2D eigenvalue weighted by Gasteiger charge is 2.24. The zero-order valence-corrected chi connectivity index (χ0v) is 25.9. The Kier molecular flexibility index (Phi) is 10.7. The molecule has 0 spiro atoms. The maximum atomic E-state index is 10.2. The van der Waals surface area contributed by atoms with Gasteiger partial charge in [-0.1, -0.05) is 76.8 Å². The molecule has 0 radical (unpaired) electrons. The topological polar surface area (TPSA) is 122 Å². The van der Waals surface area contributed by atoms with E-state index in [1.807, 2.05) is 54.6 Å². The van der Waals surface area contributed by atoms with Gasteiger partial charge < -0.3 is 25.7 Å². The zero-order valence-electron chi connectivity index (χ0n) is 24.4. The number of halogens is 2. The predicted octanol–water partition coefficient (Wildman–Crippen LogP) is 7.14. The number of aliphatic hydroxyl groups is 2. The molecule has 4 aromatic rings. The van der Waals surface area contributed by atoms with Gasteiger partial charge in [-0.15, -0.1) is 0 Å². The number of fused-ring (bicyclic) bond motifs is 4. The lowest BCUT2D eigenvalue weighted by molar-refractivity contribution is 0.190. The molecule has 0 saturated carbocycles. The van der Waals surface area contributed by atoms with E-state index in [-0.39, 0.29) is 13.1 Å². The number of β-amino-alcohol motifs (C(OH)–C–C–N with tert-alkyl or cyclic N) is 2. The van der Waals surface area contributed by atoms with Crippen LogP contribution >= 0.6 is 23.2 Å². The minimum atomic E-state index is -0.746. The fraction of sp³-hybridized carbons (Fsp3) is 0.294. The SMILES string of the molecule is NCC(O)CN1c2ccccc2CCc2ccc(Cl)cc21.[N-]=[N+]=NCC(O)CN1c2ccccc2CCc2ccc(Cl)cc21. The first-order chi connectivity index (χ1) is 21.4. The van der Waals surface area contributed by atoms with Crippen molar-refractivity contribution in [1.29, 1.82) is 0 Å². The van der Waals surface area contributed by atoms with E-state index in [9.17, 15) is 10.2 Å². The van der Waals surface area contributed by atoms with Gasteiger partial charge in [-0.05, 0) is 89.9 Å². The van der Waals surface area contributed by atoms with Gasteiger partial charge in [-0.3, -0.25) is 0 Å². The zero-order chi connectivity index (χ0) is 31.1. The summed E-state index contributed by atoms with van der Waals surface area (Å²) in [5.41, 5.74) is 23.3. The molecule has 2 unspecified atom stereocenters. The van der Waals surface area contributed by atoms with Crippen LogP contribution in [0.5, 0.6) is 0 Å². The Morgan fingerprint density at radius 3 is 1.57 bits per heavy atom. The van der Waals surface area contributed by atoms with Gasteiger partial charge in [0.1, 0.15) is 0 Å². The number of hydrogen-bond donors (Lipinski definition) is 3. The number of anilines is 4. The van der Waals surface area contributed by atoms with Crippen molar-refractivity contribution in [3.8, 4) is 0 Å². The van der Waals surface area contributed by atoms with Gasteiger partial charge >= 0.3 is 0 Å². The van der Waals surface area contributed by atoms with Gasteiger partial charge in [-0.25, -0.2) is 0 Å². The van der Waals surface area contributed by atoms with E-state index in [4.69, 9.17) is 34.5 Å². The summed E-state index contributed by atoms with van der Waals surface area (Å²) in [4.78, 5) is 6.93. The molecule has 8 nitrogen and oxygen atoms in total. The predicted molar refractivity (Wildman–Crippen MR) is 180 cm³/mol. The number of aliphatic hydroxyl groups excluding tert-OH is 2. The van der Waals surface area contributed by atoms with Crippen LogP contribution in [-0.4, -0.2) is 48.6 Å². The number of para-hydroxylation sites is 2. The molecule has 0 aromatic heterocycles. The van der Waals surface area contributed by atoms with Crippen molar-refractivity contribution in [1.82, 2.24) is 0 Å². The molecule has 0 bridgehead atoms. The number of aryl methyl sites for hydroxylation is 4. The average Bonchev–Trinajstić information content (AvgIpc) is 3.28. The molecule has 4 N–H and O–H groups in total. The molecule has 2 aliphatic rings. The molecule has 0 fully saturated rings. The van der Waals surface area contributed by atoms with E-state index in [0.29, 0.717) is 23.1 Å². The van der Waals surface area contributed by atoms with Crippen molar-refractivity contribution < 1.29 is 10.2 Å². The Labute approximate surface area is 267 Å². The van der Waals surface area contributed by atoms with Crippen molar-refractivity contribution in [2.24, 2.45) is 10.8 Å². The number of azide groups is 1. The maximum Gasteiger partial charge on any atom is 0.0841 e. The Hall–Kier alpha value is -3.75. The van der Waals surface area contributed by atoms with Gasteiger partial charge in [0.2, 0.25) is 0 Å². The van der Waals surface area contributed by atoms with Crippen LogP contribution in [0.25, 0.3) is 10.4 Å². The third kappa shape index (κ3) is 7.48. The van der Waals surface area contributed by atoms with Crippen molar-refractivity contribution in [3.05, 3.63) is 128 Å². The van der Waals surface area contributed by atoms with Gasteiger partial charge in [-0.2, -0.15) is 0 Å². The van der Waals surface area contributed by atoms with Crippen LogP contribution in [0.2, 0.25) is 10.0 Å². The lowest BCUT2D eigenvalue weighted by Crippen LogP contribution is -2.34. The summed E-state index contributed by atoms with van der Waals surface area (Å²) in [6, 6.07) is 28.3. The minimum Gasteiger partial charge on any atom is -0.391 e. The first-order valence-electron chi connectivity index (χ1n) is 14.7. The Balaban J connectivity index is 0.000000175. The summed E-state index contributed by atoms with van der Waals surface area (Å²) in [6.45, 7) is 1.11. The van der Waals surface area contributed by atoms with Crippen LogP contribution in [-0.2, 0) is 25.7 Å².